The first-order chi connectivity index (χ1) is 15.2. The summed E-state index contributed by atoms with van der Waals surface area (Å²) in [4.78, 5) is 42.5. The molecule has 0 aromatic heterocycles. The fourth-order valence-electron chi connectivity index (χ4n) is 4.28. The lowest BCUT2D eigenvalue weighted by Gasteiger charge is -2.40. The Balaban J connectivity index is 1.59. The minimum atomic E-state index is -1.23. The number of carboxylic acids is 1. The number of nitrogens with one attached hydrogen (secondary N) is 1. The molecule has 2 atom stereocenters. The van der Waals surface area contributed by atoms with Crippen LogP contribution in [0.5, 0.6) is 0 Å². The molecule has 168 valence electrons. The van der Waals surface area contributed by atoms with Gasteiger partial charge in [0.1, 0.15) is 11.4 Å². The van der Waals surface area contributed by atoms with E-state index in [9.17, 15) is 19.5 Å². The molecule has 2 unspecified atom stereocenters. The minimum Gasteiger partial charge on any atom is -0.477 e. The van der Waals surface area contributed by atoms with Gasteiger partial charge in [-0.05, 0) is 48.6 Å². The largest absolute Gasteiger partial charge is 0.477 e. The molecule has 1 aromatic carbocycles. The number of hydrogen-bond acceptors (Lipinski definition) is 8. The van der Waals surface area contributed by atoms with Gasteiger partial charge in [0.2, 0.25) is 0 Å². The van der Waals surface area contributed by atoms with Crippen LogP contribution in [0.4, 0.5) is 0 Å². The van der Waals surface area contributed by atoms with Crippen molar-refractivity contribution in [2.24, 2.45) is 16.5 Å². The highest BCUT2D eigenvalue weighted by atomic mass is 16.5. The third-order valence-electron chi connectivity index (χ3n) is 6.03. The van der Waals surface area contributed by atoms with E-state index in [2.05, 4.69) is 10.3 Å². The topological polar surface area (TPSA) is 160 Å². The molecule has 1 aliphatic carbocycles. The maximum atomic E-state index is 13.1. The number of nitrogens with zero attached hydrogens (tertiary/aromatic N) is 2. The van der Waals surface area contributed by atoms with Crippen molar-refractivity contribution in [1.29, 1.82) is 0 Å². The van der Waals surface area contributed by atoms with Crippen molar-refractivity contribution in [3.8, 4) is 0 Å². The van der Waals surface area contributed by atoms with E-state index < -0.39 is 23.4 Å². The van der Waals surface area contributed by atoms with Crippen molar-refractivity contribution in [2.45, 2.75) is 30.8 Å². The summed E-state index contributed by atoms with van der Waals surface area (Å²) in [6.07, 6.45) is 4.68. The van der Waals surface area contributed by atoms with Crippen LogP contribution in [0, 0.1) is 0 Å². The zero-order chi connectivity index (χ0) is 23.0. The number of aryl methyl sites for hydroxylation is 1. The predicted molar refractivity (Wildman–Crippen MR) is 116 cm³/mol. The highest BCUT2D eigenvalue weighted by molar-refractivity contribution is 6.44. The lowest BCUT2D eigenvalue weighted by Crippen LogP contribution is -2.56. The normalized spacial score (nSPS) is 25.9. The Morgan fingerprint density at radius 3 is 2.84 bits per heavy atom. The van der Waals surface area contributed by atoms with E-state index in [-0.39, 0.29) is 36.4 Å². The Morgan fingerprint density at radius 2 is 2.12 bits per heavy atom. The molecule has 32 heavy (non-hydrogen) atoms. The van der Waals surface area contributed by atoms with Gasteiger partial charge in [-0.15, -0.1) is 0 Å². The number of esters is 1. The maximum Gasteiger partial charge on any atom is 0.352 e. The summed E-state index contributed by atoms with van der Waals surface area (Å²) < 4.78 is 4.76. The summed E-state index contributed by atoms with van der Waals surface area (Å²) in [6.45, 7) is 0.355. The van der Waals surface area contributed by atoms with Gasteiger partial charge in [-0.1, -0.05) is 6.07 Å². The lowest BCUT2D eigenvalue weighted by molar-refractivity contribution is -0.134. The zero-order valence-electron chi connectivity index (χ0n) is 17.6. The van der Waals surface area contributed by atoms with Crippen molar-refractivity contribution in [1.82, 2.24) is 10.2 Å². The molecular weight excluding hydrogens is 414 g/mol. The number of benzene rings is 1. The molecular formula is C22H25N5O5. The number of fused-ring (bicyclic) bond motifs is 3. The number of rotatable bonds is 4. The lowest BCUT2D eigenvalue weighted by atomic mass is 9.91. The van der Waals surface area contributed by atoms with E-state index in [0.717, 1.165) is 11.1 Å². The van der Waals surface area contributed by atoms with Gasteiger partial charge in [-0.25, -0.2) is 9.59 Å². The summed E-state index contributed by atoms with van der Waals surface area (Å²) >= 11 is 0. The maximum absolute atomic E-state index is 13.1. The van der Waals surface area contributed by atoms with Gasteiger partial charge >= 0.3 is 11.9 Å². The second kappa shape index (κ2) is 8.12. The minimum absolute atomic E-state index is 0.0174. The van der Waals surface area contributed by atoms with Crippen LogP contribution in [-0.4, -0.2) is 59.3 Å². The summed E-state index contributed by atoms with van der Waals surface area (Å²) in [7, 11) is 1.33. The number of carbonyl (C=O) groups excluding carboxylic acids is 2. The number of amides is 1. The standard InChI is InChI=1S/C22H25N5O5/c1-32-21(31)13-2-4-14-12(8-13)3-5-15(14)26-19(28)16-9-17(20(29)30)27-11-22(24,10-25-16)7-6-18(27)23/h2,4,6,8-9,15H,3,5,7,10-11,23-24H2,1H3,(H,26,28)(H,29,30)/b17-9-,25-16?. The van der Waals surface area contributed by atoms with Crippen LogP contribution in [0.3, 0.4) is 0 Å². The SMILES string of the molecule is COC(=O)c1ccc2c(c1)CCC2NC(=O)C1=NCC2(N)CC=C(N)N(C2)/C(C(=O)O)=C\1. The first-order valence-electron chi connectivity index (χ1n) is 10.2. The smallest absolute Gasteiger partial charge is 0.352 e. The number of aliphatic imine (C=N–C) groups is 1. The molecule has 1 amide bonds. The number of nitrogens with two attached hydrogens (primary N) is 2. The Kier molecular flexibility index (Phi) is 5.47. The van der Waals surface area contributed by atoms with Crippen LogP contribution < -0.4 is 16.8 Å². The molecule has 2 aliphatic heterocycles. The molecule has 0 fully saturated rings. The van der Waals surface area contributed by atoms with Crippen LogP contribution in [0.2, 0.25) is 0 Å². The van der Waals surface area contributed by atoms with Gasteiger partial charge < -0.3 is 31.5 Å². The summed E-state index contributed by atoms with van der Waals surface area (Å²) in [5, 5.41) is 12.7. The second-order valence-electron chi connectivity index (χ2n) is 8.29. The van der Waals surface area contributed by atoms with E-state index in [1.807, 2.05) is 0 Å². The molecule has 2 heterocycles. The molecule has 3 aliphatic rings. The van der Waals surface area contributed by atoms with Gasteiger partial charge in [0.25, 0.3) is 5.91 Å². The van der Waals surface area contributed by atoms with Crippen molar-refractivity contribution in [2.75, 3.05) is 20.2 Å². The second-order valence-corrected chi connectivity index (χ2v) is 8.29. The number of methoxy groups -OCH3 is 1. The Morgan fingerprint density at radius 1 is 1.34 bits per heavy atom. The summed E-state index contributed by atoms with van der Waals surface area (Å²) in [5.41, 5.74) is 13.7. The fraction of sp³-hybridized carbons (Fsp3) is 0.364. The van der Waals surface area contributed by atoms with E-state index in [4.69, 9.17) is 16.2 Å². The van der Waals surface area contributed by atoms with Crippen molar-refractivity contribution < 1.29 is 24.2 Å². The molecule has 2 bridgehead atoms. The van der Waals surface area contributed by atoms with E-state index in [1.54, 1.807) is 24.3 Å². The Hall–Kier alpha value is -3.66. The Bertz CT molecular complexity index is 1090. The molecule has 10 nitrogen and oxygen atoms in total. The Labute approximate surface area is 184 Å². The van der Waals surface area contributed by atoms with Crippen LogP contribution >= 0.6 is 0 Å². The van der Waals surface area contributed by atoms with Crippen LogP contribution in [0.25, 0.3) is 0 Å². The average Bonchev–Trinajstić information content (AvgIpc) is 3.15. The van der Waals surface area contributed by atoms with Gasteiger partial charge in [0, 0.05) is 12.6 Å². The molecule has 6 N–H and O–H groups in total. The van der Waals surface area contributed by atoms with Crippen molar-refractivity contribution in [3.05, 3.63) is 58.6 Å². The summed E-state index contributed by atoms with van der Waals surface area (Å²) in [6, 6.07) is 4.95. The van der Waals surface area contributed by atoms with Gasteiger partial charge in [-0.2, -0.15) is 0 Å². The van der Waals surface area contributed by atoms with Crippen molar-refractivity contribution in [3.63, 3.8) is 0 Å². The average molecular weight is 439 g/mol. The van der Waals surface area contributed by atoms with Gasteiger partial charge in [0.05, 0.1) is 36.6 Å². The number of hydrogen-bond donors (Lipinski definition) is 4. The van der Waals surface area contributed by atoms with Crippen molar-refractivity contribution >= 4 is 23.6 Å². The van der Waals surface area contributed by atoms with Crippen LogP contribution in [-0.2, 0) is 20.7 Å². The van der Waals surface area contributed by atoms with E-state index >= 15 is 0 Å². The fourth-order valence-corrected chi connectivity index (χ4v) is 4.28. The molecule has 0 radical (unpaired) electrons. The van der Waals surface area contributed by atoms with E-state index in [1.165, 1.54) is 18.1 Å². The van der Waals surface area contributed by atoms with E-state index in [0.29, 0.717) is 24.8 Å². The molecule has 0 spiro atoms. The predicted octanol–water partition coefficient (Wildman–Crippen LogP) is 0.203. The third kappa shape index (κ3) is 3.96. The van der Waals surface area contributed by atoms with Gasteiger partial charge in [-0.3, -0.25) is 9.79 Å². The number of carboxylic acid groups (broad SMARTS) is 1. The summed E-state index contributed by atoms with van der Waals surface area (Å²) in [5.74, 6) is -1.85. The highest BCUT2D eigenvalue weighted by Crippen LogP contribution is 2.32. The number of ether oxygens (including phenoxy) is 1. The molecule has 10 heteroatoms. The zero-order valence-corrected chi connectivity index (χ0v) is 17.6. The first-order valence-corrected chi connectivity index (χ1v) is 10.2. The van der Waals surface area contributed by atoms with Crippen LogP contribution in [0.15, 0.2) is 46.9 Å². The number of carbonyl (C=O) groups is 3. The third-order valence-corrected chi connectivity index (χ3v) is 6.03. The highest BCUT2D eigenvalue weighted by Gasteiger charge is 2.37. The molecule has 0 saturated carbocycles. The molecule has 1 aromatic rings. The molecule has 4 rings (SSSR count). The number of aliphatic carboxylic acids is 1. The first kappa shape index (κ1) is 21.6. The van der Waals surface area contributed by atoms with Gasteiger partial charge in [0.15, 0.2) is 0 Å². The van der Waals surface area contributed by atoms with Crippen LogP contribution in [0.1, 0.15) is 40.4 Å². The molecule has 0 saturated heterocycles. The monoisotopic (exact) mass is 439 g/mol. The quantitative estimate of drug-likeness (QED) is 0.484.